The summed E-state index contributed by atoms with van der Waals surface area (Å²) in [4.78, 5) is 29.8. The topological polar surface area (TPSA) is 61.8 Å². The van der Waals surface area contributed by atoms with Crippen molar-refractivity contribution in [3.8, 4) is 0 Å². The van der Waals surface area contributed by atoms with Gasteiger partial charge in [0, 0.05) is 12.1 Å². The number of para-hydroxylation sites is 1. The van der Waals surface area contributed by atoms with Crippen LogP contribution in [-0.2, 0) is 15.0 Å². The summed E-state index contributed by atoms with van der Waals surface area (Å²) in [5.74, 6) is -1.57. The summed E-state index contributed by atoms with van der Waals surface area (Å²) in [5, 5.41) is 4.70. The minimum atomic E-state index is -0.874. The molecule has 4 aromatic rings. The summed E-state index contributed by atoms with van der Waals surface area (Å²) in [6, 6.07) is 33.8. The first-order chi connectivity index (χ1) is 18.1. The Balaban J connectivity index is 1.45. The Morgan fingerprint density at radius 1 is 0.757 bits per heavy atom. The molecule has 5 heteroatoms. The highest BCUT2D eigenvalue weighted by molar-refractivity contribution is 6.25. The maximum atomic E-state index is 14.3. The number of imide groups is 1. The molecular weight excluding hydrogens is 458 g/mol. The first-order valence-electron chi connectivity index (χ1n) is 12.6. The van der Waals surface area contributed by atoms with Crippen molar-refractivity contribution in [2.45, 2.75) is 18.3 Å². The van der Waals surface area contributed by atoms with Gasteiger partial charge in [-0.3, -0.25) is 15.0 Å². The predicted molar refractivity (Wildman–Crippen MR) is 145 cm³/mol. The molecule has 37 heavy (non-hydrogen) atoms. The van der Waals surface area contributed by atoms with E-state index in [1.54, 1.807) is 0 Å². The van der Waals surface area contributed by atoms with Crippen LogP contribution in [-0.4, -0.2) is 18.0 Å². The van der Waals surface area contributed by atoms with Crippen LogP contribution in [0.4, 0.5) is 11.4 Å². The van der Waals surface area contributed by atoms with Gasteiger partial charge in [-0.2, -0.15) is 5.10 Å². The second kappa shape index (κ2) is 8.00. The van der Waals surface area contributed by atoms with Crippen LogP contribution in [0.3, 0.4) is 0 Å². The van der Waals surface area contributed by atoms with E-state index in [4.69, 9.17) is 5.10 Å². The van der Waals surface area contributed by atoms with Gasteiger partial charge in [0.2, 0.25) is 11.8 Å². The first-order valence-corrected chi connectivity index (χ1v) is 12.6. The SMILES string of the molecule is Cc1ccc(N2C(=O)[C@@H]3C4c5ccccc5C(/C=N\Nc5ccccc5)(c5ccccc54)[C@H]3C2=O)cc1. The average molecular weight is 484 g/mol. The van der Waals surface area contributed by atoms with Gasteiger partial charge in [0.25, 0.3) is 0 Å². The van der Waals surface area contributed by atoms with Crippen LogP contribution < -0.4 is 10.3 Å². The molecule has 1 fully saturated rings. The molecule has 0 unspecified atom stereocenters. The molecule has 5 nitrogen and oxygen atoms in total. The van der Waals surface area contributed by atoms with Crippen LogP contribution in [0, 0.1) is 18.8 Å². The Bertz CT molecular complexity index is 1530. The van der Waals surface area contributed by atoms with E-state index in [9.17, 15) is 9.59 Å². The van der Waals surface area contributed by atoms with E-state index >= 15 is 0 Å². The Labute approximate surface area is 215 Å². The van der Waals surface area contributed by atoms with Crippen molar-refractivity contribution in [2.24, 2.45) is 16.9 Å². The van der Waals surface area contributed by atoms with Gasteiger partial charge in [-0.05, 0) is 53.4 Å². The minimum absolute atomic E-state index is 0.137. The fourth-order valence-corrected chi connectivity index (χ4v) is 6.72. The number of rotatable bonds is 4. The lowest BCUT2D eigenvalue weighted by molar-refractivity contribution is -0.122. The minimum Gasteiger partial charge on any atom is -0.279 e. The molecule has 3 aliphatic carbocycles. The Morgan fingerprint density at radius 3 is 2.00 bits per heavy atom. The van der Waals surface area contributed by atoms with Crippen molar-refractivity contribution < 1.29 is 9.59 Å². The first kappa shape index (κ1) is 21.7. The average Bonchev–Trinajstić information content (AvgIpc) is 3.21. The van der Waals surface area contributed by atoms with Crippen molar-refractivity contribution in [1.82, 2.24) is 0 Å². The number of hydrogen-bond acceptors (Lipinski definition) is 4. The molecule has 2 amide bonds. The van der Waals surface area contributed by atoms with Gasteiger partial charge in [0.1, 0.15) is 0 Å². The number of benzene rings is 4. The second-order valence-corrected chi connectivity index (χ2v) is 10.1. The van der Waals surface area contributed by atoms with Crippen LogP contribution in [0.1, 0.15) is 33.7 Å². The number of anilines is 2. The van der Waals surface area contributed by atoms with E-state index in [-0.39, 0.29) is 17.7 Å². The highest BCUT2D eigenvalue weighted by Gasteiger charge is 2.68. The summed E-state index contributed by atoms with van der Waals surface area (Å²) < 4.78 is 0. The third-order valence-electron chi connectivity index (χ3n) is 8.21. The van der Waals surface area contributed by atoms with Gasteiger partial charge >= 0.3 is 0 Å². The van der Waals surface area contributed by atoms with Crippen LogP contribution in [0.25, 0.3) is 0 Å². The van der Waals surface area contributed by atoms with Crippen LogP contribution in [0.15, 0.2) is 108 Å². The van der Waals surface area contributed by atoms with E-state index < -0.39 is 17.3 Å². The lowest BCUT2D eigenvalue weighted by atomic mass is 9.47. The summed E-state index contributed by atoms with van der Waals surface area (Å²) in [7, 11) is 0. The van der Waals surface area contributed by atoms with Crippen molar-refractivity contribution in [3.05, 3.63) is 131 Å². The largest absolute Gasteiger partial charge is 0.279 e. The molecule has 1 heterocycles. The van der Waals surface area contributed by atoms with E-state index in [2.05, 4.69) is 29.7 Å². The van der Waals surface area contributed by atoms with Crippen molar-refractivity contribution in [3.63, 3.8) is 0 Å². The fourth-order valence-electron chi connectivity index (χ4n) is 6.72. The van der Waals surface area contributed by atoms with Crippen LogP contribution >= 0.6 is 0 Å². The Morgan fingerprint density at radius 2 is 1.35 bits per heavy atom. The molecule has 0 saturated carbocycles. The number of amides is 2. The quantitative estimate of drug-likeness (QED) is 0.232. The molecule has 1 aliphatic heterocycles. The molecule has 1 saturated heterocycles. The standard InChI is InChI=1S/C32H25N3O2/c1-20-15-17-22(18-16-20)35-30(36)28-27-23-11-5-7-13-25(23)32(29(28)31(35)37,26-14-8-6-12-24(26)27)19-33-34-21-9-3-2-4-10-21/h2-19,27-29,34H,1H3/b33-19-/t27?,28-,29-,32?/m1/s1. The second-order valence-electron chi connectivity index (χ2n) is 10.1. The van der Waals surface area contributed by atoms with Crippen LogP contribution in [0.2, 0.25) is 0 Å². The zero-order chi connectivity index (χ0) is 25.1. The van der Waals surface area contributed by atoms with Gasteiger partial charge < -0.3 is 0 Å². The molecule has 0 spiro atoms. The molecular formula is C32H25N3O2. The molecule has 0 aromatic heterocycles. The van der Waals surface area contributed by atoms with Gasteiger partial charge in [-0.1, -0.05) is 84.4 Å². The third kappa shape index (κ3) is 2.94. The summed E-state index contributed by atoms with van der Waals surface area (Å²) in [5.41, 5.74) is 9.12. The van der Waals surface area contributed by atoms with E-state index in [1.807, 2.05) is 92.0 Å². The molecule has 4 aliphatic rings. The lowest BCUT2D eigenvalue weighted by Gasteiger charge is -2.52. The highest BCUT2D eigenvalue weighted by atomic mass is 16.2. The Kier molecular flexibility index (Phi) is 4.70. The third-order valence-corrected chi connectivity index (χ3v) is 8.21. The molecule has 4 aromatic carbocycles. The van der Waals surface area contributed by atoms with Gasteiger partial charge in [-0.15, -0.1) is 0 Å². The van der Waals surface area contributed by atoms with Crippen LogP contribution in [0.5, 0.6) is 0 Å². The molecule has 1 N–H and O–H groups in total. The number of aryl methyl sites for hydroxylation is 1. The lowest BCUT2D eigenvalue weighted by Crippen LogP contribution is -2.54. The zero-order valence-electron chi connectivity index (χ0n) is 20.3. The van der Waals surface area contributed by atoms with Gasteiger partial charge in [0.05, 0.1) is 28.6 Å². The molecule has 0 radical (unpaired) electrons. The van der Waals surface area contributed by atoms with Crippen molar-refractivity contribution in [2.75, 3.05) is 10.3 Å². The smallest absolute Gasteiger partial charge is 0.239 e. The number of hydrogen-bond donors (Lipinski definition) is 1. The van der Waals surface area contributed by atoms with E-state index in [0.717, 1.165) is 33.5 Å². The number of hydrazone groups is 1. The maximum absolute atomic E-state index is 14.3. The van der Waals surface area contributed by atoms with E-state index in [1.165, 1.54) is 4.90 Å². The monoisotopic (exact) mass is 483 g/mol. The zero-order valence-corrected chi connectivity index (χ0v) is 20.3. The number of nitrogens with one attached hydrogen (secondary N) is 1. The fraction of sp³-hybridized carbons (Fsp3) is 0.156. The normalized spacial score (nSPS) is 25.2. The summed E-state index contributed by atoms with van der Waals surface area (Å²) in [6.45, 7) is 2.00. The van der Waals surface area contributed by atoms with Gasteiger partial charge in [0.15, 0.2) is 0 Å². The van der Waals surface area contributed by atoms with E-state index in [0.29, 0.717) is 5.69 Å². The number of carbonyl (C=O) groups is 2. The Hall–Kier alpha value is -4.51. The maximum Gasteiger partial charge on any atom is 0.239 e. The molecule has 8 rings (SSSR count). The number of carbonyl (C=O) groups excluding carboxylic acids is 2. The molecule has 180 valence electrons. The summed E-state index contributed by atoms with van der Waals surface area (Å²) in [6.07, 6.45) is 1.87. The van der Waals surface area contributed by atoms with Crippen molar-refractivity contribution in [1.29, 1.82) is 0 Å². The summed E-state index contributed by atoms with van der Waals surface area (Å²) >= 11 is 0. The highest BCUT2D eigenvalue weighted by Crippen LogP contribution is 2.63. The number of nitrogens with zero attached hydrogens (tertiary/aromatic N) is 2. The van der Waals surface area contributed by atoms with Gasteiger partial charge in [-0.25, -0.2) is 4.90 Å². The molecule has 2 atom stereocenters. The molecule has 2 bridgehead atoms. The van der Waals surface area contributed by atoms with Crippen molar-refractivity contribution >= 4 is 29.4 Å². The predicted octanol–water partition coefficient (Wildman–Crippen LogP) is 5.64.